The second-order valence-corrected chi connectivity index (χ2v) is 6.49. The summed E-state index contributed by atoms with van der Waals surface area (Å²) in [7, 11) is 2.76. The van der Waals surface area contributed by atoms with Gasteiger partial charge in [0, 0.05) is 29.5 Å². The van der Waals surface area contributed by atoms with E-state index >= 15 is 0 Å². The number of hydrogen-bond acceptors (Lipinski definition) is 8. The summed E-state index contributed by atoms with van der Waals surface area (Å²) in [4.78, 5) is 33.7. The maximum atomic E-state index is 12.2. The van der Waals surface area contributed by atoms with Crippen LogP contribution in [0, 0.1) is 10.1 Å². The van der Waals surface area contributed by atoms with Crippen molar-refractivity contribution in [2.45, 2.75) is 5.75 Å². The molecule has 0 radical (unpaired) electrons. The van der Waals surface area contributed by atoms with Gasteiger partial charge < -0.3 is 24.7 Å². The van der Waals surface area contributed by atoms with E-state index in [1.54, 1.807) is 12.1 Å². The molecule has 0 aliphatic carbocycles. The fourth-order valence-electron chi connectivity index (χ4n) is 2.31. The predicted octanol–water partition coefficient (Wildman–Crippen LogP) is 1.85. The minimum absolute atomic E-state index is 0.00486. The van der Waals surface area contributed by atoms with Crippen LogP contribution in [-0.2, 0) is 10.5 Å². The smallest absolute Gasteiger partial charge is 0.269 e. The molecule has 0 saturated carbocycles. The maximum Gasteiger partial charge on any atom is 0.269 e. The SMILES string of the molecule is COc1cc(NC(=O)CSCc2ccc([N+](=O)[O-])cc2)c(C(=O)[O-])cc1OC. The quantitative estimate of drug-likeness (QED) is 0.494. The monoisotopic (exact) mass is 405 g/mol. The van der Waals surface area contributed by atoms with Crippen LogP contribution in [0.5, 0.6) is 11.5 Å². The van der Waals surface area contributed by atoms with Crippen LogP contribution >= 0.6 is 11.8 Å². The first-order chi connectivity index (χ1) is 13.3. The van der Waals surface area contributed by atoms with Gasteiger partial charge in [0.15, 0.2) is 11.5 Å². The molecule has 0 fully saturated rings. The fourth-order valence-corrected chi connectivity index (χ4v) is 3.10. The van der Waals surface area contributed by atoms with E-state index in [1.165, 1.54) is 50.2 Å². The van der Waals surface area contributed by atoms with Crippen molar-refractivity contribution in [3.8, 4) is 11.5 Å². The predicted molar refractivity (Wildman–Crippen MR) is 102 cm³/mol. The molecule has 148 valence electrons. The molecule has 0 heterocycles. The highest BCUT2D eigenvalue weighted by Crippen LogP contribution is 2.33. The van der Waals surface area contributed by atoms with Gasteiger partial charge in [-0.15, -0.1) is 11.8 Å². The van der Waals surface area contributed by atoms with Gasteiger partial charge in [0.05, 0.1) is 36.6 Å². The number of rotatable bonds is 9. The van der Waals surface area contributed by atoms with Crippen LogP contribution in [0.25, 0.3) is 0 Å². The standard InChI is InChI=1S/C18H18N2O7S/c1-26-15-7-13(18(22)23)14(8-16(15)27-2)19-17(21)10-28-9-11-3-5-12(6-4-11)20(24)25/h3-8H,9-10H2,1-2H3,(H,19,21)(H,22,23)/p-1. The topological polar surface area (TPSA) is 131 Å². The normalized spacial score (nSPS) is 10.2. The molecule has 0 aromatic heterocycles. The number of nitro benzene ring substituents is 1. The van der Waals surface area contributed by atoms with Crippen molar-refractivity contribution in [1.82, 2.24) is 0 Å². The van der Waals surface area contributed by atoms with Crippen LogP contribution < -0.4 is 19.9 Å². The van der Waals surface area contributed by atoms with Crippen LogP contribution in [-0.4, -0.2) is 36.8 Å². The minimum Gasteiger partial charge on any atom is -0.545 e. The molecule has 0 saturated heterocycles. The third-order valence-electron chi connectivity index (χ3n) is 3.67. The Morgan fingerprint density at radius 1 is 1.11 bits per heavy atom. The Morgan fingerprint density at radius 2 is 1.71 bits per heavy atom. The molecular weight excluding hydrogens is 388 g/mol. The minimum atomic E-state index is -1.46. The molecule has 0 aliphatic rings. The van der Waals surface area contributed by atoms with E-state index in [-0.39, 0.29) is 34.2 Å². The molecule has 0 unspecified atom stereocenters. The number of nitro groups is 1. The molecular formula is C18H17N2O7S-. The maximum absolute atomic E-state index is 12.2. The van der Waals surface area contributed by atoms with Crippen molar-refractivity contribution in [3.63, 3.8) is 0 Å². The number of aromatic carboxylic acids is 1. The number of carbonyl (C=O) groups is 2. The summed E-state index contributed by atoms with van der Waals surface area (Å²) in [5.41, 5.74) is 0.629. The zero-order valence-corrected chi connectivity index (χ0v) is 15.9. The number of carbonyl (C=O) groups excluding carboxylic acids is 2. The lowest BCUT2D eigenvalue weighted by Gasteiger charge is -2.16. The first-order valence-corrected chi connectivity index (χ1v) is 9.09. The number of nitrogens with one attached hydrogen (secondary N) is 1. The van der Waals surface area contributed by atoms with E-state index in [0.717, 1.165) is 5.56 Å². The van der Waals surface area contributed by atoms with Crippen molar-refractivity contribution in [3.05, 3.63) is 57.6 Å². The van der Waals surface area contributed by atoms with Gasteiger partial charge in [-0.1, -0.05) is 12.1 Å². The van der Waals surface area contributed by atoms with Crippen molar-refractivity contribution >= 4 is 35.0 Å². The van der Waals surface area contributed by atoms with Crippen LogP contribution in [0.1, 0.15) is 15.9 Å². The highest BCUT2D eigenvalue weighted by atomic mass is 32.2. The van der Waals surface area contributed by atoms with E-state index in [2.05, 4.69) is 5.32 Å². The molecule has 0 aliphatic heterocycles. The Morgan fingerprint density at radius 3 is 2.25 bits per heavy atom. The average Bonchev–Trinajstić information content (AvgIpc) is 2.67. The van der Waals surface area contributed by atoms with Gasteiger partial charge >= 0.3 is 0 Å². The number of anilines is 1. The lowest BCUT2D eigenvalue weighted by molar-refractivity contribution is -0.384. The summed E-state index contributed by atoms with van der Waals surface area (Å²) in [6, 6.07) is 8.59. The molecule has 0 spiro atoms. The van der Waals surface area contributed by atoms with Gasteiger partial charge in [-0.25, -0.2) is 0 Å². The van der Waals surface area contributed by atoms with Crippen molar-refractivity contribution in [2.24, 2.45) is 0 Å². The molecule has 2 rings (SSSR count). The third kappa shape index (κ3) is 5.36. The second kappa shape index (κ2) is 9.60. The van der Waals surface area contributed by atoms with Crippen LogP contribution in [0.15, 0.2) is 36.4 Å². The Bertz CT molecular complexity index is 884. The number of ether oxygens (including phenoxy) is 2. The van der Waals surface area contributed by atoms with Crippen molar-refractivity contribution in [1.29, 1.82) is 0 Å². The largest absolute Gasteiger partial charge is 0.545 e. The summed E-state index contributed by atoms with van der Waals surface area (Å²) < 4.78 is 10.2. The number of carboxylic acid groups (broad SMARTS) is 1. The van der Waals surface area contributed by atoms with Gasteiger partial charge in [-0.05, 0) is 11.6 Å². The van der Waals surface area contributed by atoms with Gasteiger partial charge in [-0.2, -0.15) is 0 Å². The van der Waals surface area contributed by atoms with E-state index in [4.69, 9.17) is 9.47 Å². The zero-order chi connectivity index (χ0) is 20.7. The number of carboxylic acids is 1. The van der Waals surface area contributed by atoms with Crippen LogP contribution in [0.2, 0.25) is 0 Å². The van der Waals surface area contributed by atoms with Crippen LogP contribution in [0.4, 0.5) is 11.4 Å². The van der Waals surface area contributed by atoms with Gasteiger partial charge in [-0.3, -0.25) is 14.9 Å². The lowest BCUT2D eigenvalue weighted by Crippen LogP contribution is -2.25. The van der Waals surface area contributed by atoms with E-state index in [9.17, 15) is 24.8 Å². The number of thioether (sulfide) groups is 1. The molecule has 9 nitrogen and oxygen atoms in total. The Balaban J connectivity index is 2.00. The Hall–Kier alpha value is -3.27. The molecule has 2 aromatic carbocycles. The summed E-state index contributed by atoms with van der Waals surface area (Å²) >= 11 is 1.28. The molecule has 0 bridgehead atoms. The number of nitrogens with zero attached hydrogens (tertiary/aromatic N) is 1. The van der Waals surface area contributed by atoms with E-state index in [0.29, 0.717) is 5.75 Å². The number of amides is 1. The number of methoxy groups -OCH3 is 2. The molecule has 2 aromatic rings. The van der Waals surface area contributed by atoms with Crippen LogP contribution in [0.3, 0.4) is 0 Å². The summed E-state index contributed by atoms with van der Waals surface area (Å²) in [6.45, 7) is 0. The Kier molecular flexibility index (Phi) is 7.21. The number of benzene rings is 2. The number of non-ortho nitro benzene ring substituents is 1. The van der Waals surface area contributed by atoms with Crippen molar-refractivity contribution in [2.75, 3.05) is 25.3 Å². The summed E-state index contributed by atoms with van der Waals surface area (Å²) in [5.74, 6) is -0.896. The first kappa shape index (κ1) is 21.0. The van der Waals surface area contributed by atoms with E-state index < -0.39 is 16.8 Å². The molecule has 0 atom stereocenters. The zero-order valence-electron chi connectivity index (χ0n) is 15.1. The number of hydrogen-bond donors (Lipinski definition) is 1. The fraction of sp³-hybridized carbons (Fsp3) is 0.222. The van der Waals surface area contributed by atoms with E-state index in [1.807, 2.05) is 0 Å². The Labute approximate surface area is 164 Å². The molecule has 1 N–H and O–H groups in total. The van der Waals surface area contributed by atoms with Gasteiger partial charge in [0.25, 0.3) is 5.69 Å². The second-order valence-electron chi connectivity index (χ2n) is 5.50. The highest BCUT2D eigenvalue weighted by molar-refractivity contribution is 7.99. The lowest BCUT2D eigenvalue weighted by atomic mass is 10.1. The van der Waals surface area contributed by atoms with Crippen molar-refractivity contribution < 1.29 is 29.1 Å². The summed E-state index contributed by atoms with van der Waals surface area (Å²) in [6.07, 6.45) is 0. The van der Waals surface area contributed by atoms with Gasteiger partial charge in [0.2, 0.25) is 5.91 Å². The molecule has 1 amide bonds. The third-order valence-corrected chi connectivity index (χ3v) is 4.67. The average molecular weight is 405 g/mol. The molecule has 28 heavy (non-hydrogen) atoms. The molecule has 10 heteroatoms. The highest BCUT2D eigenvalue weighted by Gasteiger charge is 2.14. The summed E-state index contributed by atoms with van der Waals surface area (Å²) in [5, 5.41) is 24.5. The first-order valence-electron chi connectivity index (χ1n) is 7.94. The van der Waals surface area contributed by atoms with Gasteiger partial charge in [0.1, 0.15) is 0 Å².